The number of aromatic nitrogens is 2. The zero-order chi connectivity index (χ0) is 28.0. The van der Waals surface area contributed by atoms with Crippen molar-refractivity contribution in [1.82, 2.24) is 15.3 Å². The Morgan fingerprint density at radius 1 is 0.949 bits per heavy atom. The second kappa shape index (κ2) is 12.5. The fourth-order valence-corrected chi connectivity index (χ4v) is 5.79. The third kappa shape index (κ3) is 7.93. The van der Waals surface area contributed by atoms with E-state index >= 15 is 0 Å². The van der Waals surface area contributed by atoms with E-state index in [1.54, 1.807) is 12.1 Å². The maximum atomic E-state index is 13.5. The molecule has 2 atom stereocenters. The van der Waals surface area contributed by atoms with Crippen LogP contribution in [0.2, 0.25) is 0 Å². The van der Waals surface area contributed by atoms with Crippen LogP contribution in [0.15, 0.2) is 65.4 Å². The van der Waals surface area contributed by atoms with E-state index in [9.17, 15) is 18.0 Å². The smallest absolute Gasteiger partial charge is 0.357 e. The van der Waals surface area contributed by atoms with Crippen LogP contribution >= 0.6 is 22.7 Å². The van der Waals surface area contributed by atoms with Crippen LogP contribution in [0.4, 0.5) is 5.69 Å². The molecule has 0 aliphatic heterocycles. The van der Waals surface area contributed by atoms with Crippen molar-refractivity contribution >= 4 is 50.5 Å². The van der Waals surface area contributed by atoms with Crippen LogP contribution in [0.1, 0.15) is 27.2 Å². The quantitative estimate of drug-likeness (QED) is 0.134. The third-order valence-corrected chi connectivity index (χ3v) is 7.97. The summed E-state index contributed by atoms with van der Waals surface area (Å²) in [7, 11) is -3.16. The van der Waals surface area contributed by atoms with Crippen LogP contribution < -0.4 is 10.0 Å². The van der Waals surface area contributed by atoms with Crippen molar-refractivity contribution in [3.63, 3.8) is 0 Å². The Kier molecular flexibility index (Phi) is 9.07. The van der Waals surface area contributed by atoms with E-state index < -0.39 is 34.1 Å². The summed E-state index contributed by atoms with van der Waals surface area (Å²) >= 11 is 2.87. The number of ether oxygens (including phenoxy) is 1. The number of benzene rings is 2. The Hall–Kier alpha value is -3.65. The van der Waals surface area contributed by atoms with Gasteiger partial charge in [-0.05, 0) is 43.0 Å². The summed E-state index contributed by atoms with van der Waals surface area (Å²) in [6.07, 6.45) is 0.476. The lowest BCUT2D eigenvalue weighted by atomic mass is 9.97. The van der Waals surface area contributed by atoms with Crippen molar-refractivity contribution in [3.8, 4) is 11.4 Å². The summed E-state index contributed by atoms with van der Waals surface area (Å²) < 4.78 is 38.2. The minimum absolute atomic E-state index is 0.170. The Labute approximate surface area is 234 Å². The molecule has 0 aliphatic rings. The second-order valence-corrected chi connectivity index (χ2v) is 11.7. The van der Waals surface area contributed by atoms with Crippen LogP contribution in [0, 0.1) is 12.8 Å². The van der Waals surface area contributed by atoms with Gasteiger partial charge < -0.3 is 10.1 Å². The molecule has 10 nitrogen and oxygen atoms in total. The van der Waals surface area contributed by atoms with Crippen molar-refractivity contribution < 1.29 is 27.3 Å². The molecule has 0 unspecified atom stereocenters. The van der Waals surface area contributed by atoms with Gasteiger partial charge in [0, 0.05) is 10.8 Å². The number of methoxy groups -OCH3 is 1. The normalized spacial score (nSPS) is 12.9. The average Bonchev–Trinajstić information content (AvgIpc) is 3.56. The first-order chi connectivity index (χ1) is 18.6. The van der Waals surface area contributed by atoms with Gasteiger partial charge in [-0.3, -0.25) is 18.9 Å². The molecule has 0 spiro atoms. The molecule has 0 radical (unpaired) electrons. The summed E-state index contributed by atoms with van der Waals surface area (Å²) in [5.74, 6) is -2.21. The van der Waals surface area contributed by atoms with Gasteiger partial charge in [0.15, 0.2) is 0 Å². The molecule has 2 aromatic heterocycles. The predicted molar refractivity (Wildman–Crippen MR) is 150 cm³/mol. The zero-order valence-corrected chi connectivity index (χ0v) is 23.5. The number of carbonyl (C=O) groups is 2. The van der Waals surface area contributed by atoms with E-state index in [4.69, 9.17) is 14.3 Å². The third-order valence-electron chi connectivity index (χ3n) is 5.74. The lowest BCUT2D eigenvalue weighted by Crippen LogP contribution is -2.40. The van der Waals surface area contributed by atoms with Crippen molar-refractivity contribution in [2.75, 3.05) is 11.8 Å². The highest BCUT2D eigenvalue weighted by Gasteiger charge is 2.31. The fraction of sp³-hybridized carbons (Fsp3) is 0.231. The number of nitrogens with one attached hydrogen (secondary N) is 2. The highest BCUT2D eigenvalue weighted by molar-refractivity contribution is 7.87. The number of esters is 1. The van der Waals surface area contributed by atoms with Gasteiger partial charge >= 0.3 is 16.3 Å². The number of anilines is 1. The Morgan fingerprint density at radius 3 is 2.21 bits per heavy atom. The molecule has 39 heavy (non-hydrogen) atoms. The molecule has 3 N–H and O–H groups in total. The van der Waals surface area contributed by atoms with E-state index in [1.807, 2.05) is 52.7 Å². The van der Waals surface area contributed by atoms with E-state index in [0.717, 1.165) is 21.8 Å². The van der Waals surface area contributed by atoms with E-state index in [2.05, 4.69) is 10.3 Å². The highest BCUT2D eigenvalue weighted by Crippen LogP contribution is 2.29. The molecule has 0 fully saturated rings. The molecule has 1 amide bonds. The number of nitrogens with zero attached hydrogens (tertiary/aromatic N) is 2. The molecule has 0 bridgehead atoms. The molecule has 2 aromatic carbocycles. The summed E-state index contributed by atoms with van der Waals surface area (Å²) in [5.41, 5.74) is 3.19. The van der Waals surface area contributed by atoms with Crippen LogP contribution in [0.25, 0.3) is 11.4 Å². The largest absolute Gasteiger partial charge is 0.468 e. The second-order valence-electron chi connectivity index (χ2n) is 8.63. The van der Waals surface area contributed by atoms with Crippen molar-refractivity contribution in [3.05, 3.63) is 86.5 Å². The van der Waals surface area contributed by atoms with Crippen LogP contribution in [-0.2, 0) is 37.5 Å². The first-order valence-corrected chi connectivity index (χ1v) is 15.0. The van der Waals surface area contributed by atoms with Crippen molar-refractivity contribution in [1.29, 1.82) is 0 Å². The maximum absolute atomic E-state index is 13.5. The number of carbonyl (C=O) groups excluding carboxylic acids is 2. The fourth-order valence-electron chi connectivity index (χ4n) is 3.89. The van der Waals surface area contributed by atoms with Gasteiger partial charge in [-0.2, -0.15) is 8.42 Å². The Balaban J connectivity index is 1.61. The highest BCUT2D eigenvalue weighted by atomic mass is 32.2. The molecule has 4 aromatic rings. The first-order valence-electron chi connectivity index (χ1n) is 11.8. The van der Waals surface area contributed by atoms with Gasteiger partial charge in [0.25, 0.3) is 0 Å². The number of hydrogen-bond acceptors (Lipinski definition) is 9. The number of amides is 1. The average molecular weight is 587 g/mol. The minimum atomic E-state index is -4.40. The summed E-state index contributed by atoms with van der Waals surface area (Å²) in [6, 6.07) is 15.0. The molecule has 0 aliphatic carbocycles. The van der Waals surface area contributed by atoms with Crippen LogP contribution in [0.5, 0.6) is 0 Å². The van der Waals surface area contributed by atoms with E-state index in [1.165, 1.54) is 41.9 Å². The van der Waals surface area contributed by atoms with Crippen LogP contribution in [-0.4, -0.2) is 41.9 Å². The van der Waals surface area contributed by atoms with Gasteiger partial charge in [-0.15, -0.1) is 22.7 Å². The zero-order valence-electron chi connectivity index (χ0n) is 21.0. The van der Waals surface area contributed by atoms with Gasteiger partial charge in [0.1, 0.15) is 22.3 Å². The topological polar surface area (TPSA) is 148 Å². The minimum Gasteiger partial charge on any atom is -0.468 e. The number of rotatable bonds is 11. The van der Waals surface area contributed by atoms with E-state index in [0.29, 0.717) is 17.1 Å². The number of hydrogen-bond donors (Lipinski definition) is 3. The summed E-state index contributed by atoms with van der Waals surface area (Å²) in [6.45, 7) is 1.91. The van der Waals surface area contributed by atoms with Crippen molar-refractivity contribution in [2.45, 2.75) is 25.8 Å². The van der Waals surface area contributed by atoms with Gasteiger partial charge in [0.2, 0.25) is 5.91 Å². The molecular weight excluding hydrogens is 561 g/mol. The van der Waals surface area contributed by atoms with Gasteiger partial charge in [0.05, 0.1) is 23.8 Å². The lowest BCUT2D eigenvalue weighted by molar-refractivity contribution is -0.150. The van der Waals surface area contributed by atoms with Gasteiger partial charge in [-0.1, -0.05) is 42.5 Å². The molecule has 4 rings (SSSR count). The molecular formula is C26H26N4O6S3. The predicted octanol–water partition coefficient (Wildman–Crippen LogP) is 4.22. The Morgan fingerprint density at radius 2 is 1.59 bits per heavy atom. The summed E-state index contributed by atoms with van der Waals surface area (Å²) in [4.78, 5) is 35.3. The number of aryl methyl sites for hydroxylation is 1. The lowest BCUT2D eigenvalue weighted by Gasteiger charge is -2.21. The van der Waals surface area contributed by atoms with Crippen molar-refractivity contribution in [2.24, 2.45) is 5.92 Å². The molecule has 0 saturated carbocycles. The van der Waals surface area contributed by atoms with Gasteiger partial charge in [-0.25, -0.2) is 9.97 Å². The SMILES string of the molecule is COC(=O)[C@@H](Cc1ccccc1)C(=O)N[C@@H](Cc1ccc(NS(=O)(=O)O)cc1)c1nc(-c2csc(C)n2)cs1. The monoisotopic (exact) mass is 586 g/mol. The molecule has 0 saturated heterocycles. The standard InChI is InChI=1S/C26H26N4O6S3/c1-16-27-22(14-37-16)23-15-38-25(29-23)21(13-18-8-10-19(11-9-18)30-39(33,34)35)28-24(31)20(26(32)36-2)12-17-6-4-3-5-7-17/h3-11,14-15,20-21,30H,12-13H2,1-2H3,(H,28,31)(H,33,34,35)/t20-,21-/m0/s1. The Bertz CT molecular complexity index is 1540. The molecule has 204 valence electrons. The first kappa shape index (κ1) is 28.4. The van der Waals surface area contributed by atoms with E-state index in [-0.39, 0.29) is 12.1 Å². The molecule has 13 heteroatoms. The van der Waals surface area contributed by atoms with Crippen LogP contribution in [0.3, 0.4) is 0 Å². The maximum Gasteiger partial charge on any atom is 0.357 e. The number of thiazole rings is 2. The summed E-state index contributed by atoms with van der Waals surface area (Å²) in [5, 5.41) is 8.28. The molecule has 2 heterocycles.